The van der Waals surface area contributed by atoms with E-state index in [0.29, 0.717) is 11.4 Å². The molecule has 0 N–H and O–H groups in total. The summed E-state index contributed by atoms with van der Waals surface area (Å²) in [5, 5.41) is 0. The topological polar surface area (TPSA) is 26.3 Å². The second kappa shape index (κ2) is 5.66. The van der Waals surface area contributed by atoms with Crippen LogP contribution in [0.2, 0.25) is 0 Å². The Morgan fingerprint density at radius 3 is 2.86 bits per heavy atom. The normalized spacial score (nSPS) is 9.86. The molecule has 0 aliphatic carbocycles. The van der Waals surface area contributed by atoms with Gasteiger partial charge in [0.2, 0.25) is 0 Å². The molecule has 0 saturated carbocycles. The van der Waals surface area contributed by atoms with Crippen LogP contribution in [-0.2, 0) is 6.42 Å². The smallest absolute Gasteiger partial charge is 0.150 e. The molecule has 1 rings (SSSR count). The van der Waals surface area contributed by atoms with Gasteiger partial charge in [-0.3, -0.25) is 4.79 Å². The van der Waals surface area contributed by atoms with Crippen LogP contribution in [0.5, 0.6) is 5.75 Å². The Morgan fingerprint density at radius 1 is 1.50 bits per heavy atom. The fourth-order valence-electron chi connectivity index (χ4n) is 1.30. The summed E-state index contributed by atoms with van der Waals surface area (Å²) in [7, 11) is 1.61. The zero-order valence-corrected chi connectivity index (χ0v) is 8.88. The van der Waals surface area contributed by atoms with E-state index < -0.39 is 0 Å². The molecule has 0 atom stereocenters. The van der Waals surface area contributed by atoms with E-state index in [9.17, 15) is 4.79 Å². The average Bonchev–Trinajstić information content (AvgIpc) is 2.26. The van der Waals surface area contributed by atoms with Crippen molar-refractivity contribution in [3.8, 4) is 5.75 Å². The first-order valence-electron chi connectivity index (χ1n) is 4.50. The number of methoxy groups -OCH3 is 1. The number of carbonyl (C=O) groups excluding carboxylic acids is 1. The van der Waals surface area contributed by atoms with Gasteiger partial charge in [-0.15, -0.1) is 11.6 Å². The van der Waals surface area contributed by atoms with Crippen molar-refractivity contribution in [3.05, 3.63) is 29.3 Å². The van der Waals surface area contributed by atoms with Gasteiger partial charge >= 0.3 is 0 Å². The van der Waals surface area contributed by atoms with Crippen LogP contribution in [0.1, 0.15) is 22.3 Å². The second-order valence-corrected chi connectivity index (χ2v) is 3.36. The highest BCUT2D eigenvalue weighted by Crippen LogP contribution is 2.21. The number of rotatable bonds is 5. The number of hydrogen-bond donors (Lipinski definition) is 0. The van der Waals surface area contributed by atoms with Crippen LogP contribution >= 0.6 is 11.6 Å². The van der Waals surface area contributed by atoms with Gasteiger partial charge in [-0.2, -0.15) is 0 Å². The van der Waals surface area contributed by atoms with Crippen LogP contribution in [0.3, 0.4) is 0 Å². The standard InChI is InChI=1S/C11H13ClO2/c1-14-11-7-9(8-13)4-5-10(11)3-2-6-12/h4-5,7-8H,2-3,6H2,1H3. The lowest BCUT2D eigenvalue weighted by Crippen LogP contribution is -1.94. The predicted molar refractivity (Wildman–Crippen MR) is 57.4 cm³/mol. The van der Waals surface area contributed by atoms with Gasteiger partial charge in [-0.05, 0) is 24.5 Å². The molecule has 1 aromatic carbocycles. The summed E-state index contributed by atoms with van der Waals surface area (Å²) in [6.45, 7) is 0. The number of hydrogen-bond acceptors (Lipinski definition) is 2. The minimum absolute atomic E-state index is 0.636. The Hall–Kier alpha value is -1.02. The van der Waals surface area contributed by atoms with Crippen LogP contribution in [0.4, 0.5) is 0 Å². The summed E-state index contributed by atoms with van der Waals surface area (Å²) in [5.41, 5.74) is 1.73. The third-order valence-electron chi connectivity index (χ3n) is 2.03. The highest BCUT2D eigenvalue weighted by Gasteiger charge is 2.03. The van der Waals surface area contributed by atoms with Crippen molar-refractivity contribution >= 4 is 17.9 Å². The number of alkyl halides is 1. The molecule has 1 aromatic rings. The van der Waals surface area contributed by atoms with E-state index in [1.807, 2.05) is 6.07 Å². The Bertz CT molecular complexity index is 310. The third-order valence-corrected chi connectivity index (χ3v) is 2.29. The van der Waals surface area contributed by atoms with E-state index in [1.165, 1.54) is 0 Å². The van der Waals surface area contributed by atoms with Gasteiger partial charge in [0, 0.05) is 11.4 Å². The molecule has 0 bridgehead atoms. The molecule has 0 saturated heterocycles. The monoisotopic (exact) mass is 212 g/mol. The summed E-state index contributed by atoms with van der Waals surface area (Å²) in [6.07, 6.45) is 2.61. The van der Waals surface area contributed by atoms with Gasteiger partial charge in [0.25, 0.3) is 0 Å². The molecular weight excluding hydrogens is 200 g/mol. The minimum atomic E-state index is 0.636. The maximum atomic E-state index is 10.5. The van der Waals surface area contributed by atoms with Crippen LogP contribution in [0.15, 0.2) is 18.2 Å². The Labute approximate surface area is 88.8 Å². The number of ether oxygens (including phenoxy) is 1. The first-order valence-corrected chi connectivity index (χ1v) is 5.03. The zero-order chi connectivity index (χ0) is 10.4. The van der Waals surface area contributed by atoms with E-state index in [-0.39, 0.29) is 0 Å². The fraction of sp³-hybridized carbons (Fsp3) is 0.364. The van der Waals surface area contributed by atoms with Crippen LogP contribution < -0.4 is 4.74 Å². The van der Waals surface area contributed by atoms with Crippen molar-refractivity contribution in [3.63, 3.8) is 0 Å². The third kappa shape index (κ3) is 2.74. The molecule has 0 spiro atoms. The van der Waals surface area contributed by atoms with E-state index in [0.717, 1.165) is 30.4 Å². The van der Waals surface area contributed by atoms with Gasteiger partial charge in [0.05, 0.1) is 7.11 Å². The zero-order valence-electron chi connectivity index (χ0n) is 8.13. The molecule has 0 aliphatic heterocycles. The van der Waals surface area contributed by atoms with Crippen LogP contribution in [0.25, 0.3) is 0 Å². The summed E-state index contributed by atoms with van der Waals surface area (Å²) < 4.78 is 5.18. The second-order valence-electron chi connectivity index (χ2n) is 2.98. The first kappa shape index (κ1) is 11.1. The van der Waals surface area contributed by atoms with Crippen molar-refractivity contribution in [1.29, 1.82) is 0 Å². The van der Waals surface area contributed by atoms with Crippen LogP contribution in [0, 0.1) is 0 Å². The number of carbonyl (C=O) groups is 1. The molecule has 0 fully saturated rings. The summed E-state index contributed by atoms with van der Waals surface area (Å²) >= 11 is 5.61. The quantitative estimate of drug-likeness (QED) is 0.554. The highest BCUT2D eigenvalue weighted by molar-refractivity contribution is 6.17. The van der Waals surface area contributed by atoms with Gasteiger partial charge in [0.1, 0.15) is 12.0 Å². The number of benzene rings is 1. The first-order chi connectivity index (χ1) is 6.81. The fourth-order valence-corrected chi connectivity index (χ4v) is 1.43. The predicted octanol–water partition coefficient (Wildman–Crippen LogP) is 2.68. The van der Waals surface area contributed by atoms with Crippen molar-refractivity contribution < 1.29 is 9.53 Å². The van der Waals surface area contributed by atoms with E-state index in [4.69, 9.17) is 16.3 Å². The van der Waals surface area contributed by atoms with E-state index in [1.54, 1.807) is 19.2 Å². The Morgan fingerprint density at radius 2 is 2.29 bits per heavy atom. The maximum Gasteiger partial charge on any atom is 0.150 e. The molecule has 14 heavy (non-hydrogen) atoms. The summed E-state index contributed by atoms with van der Waals surface area (Å²) in [5.74, 6) is 1.40. The molecule has 0 radical (unpaired) electrons. The van der Waals surface area contributed by atoms with Crippen molar-refractivity contribution in [2.75, 3.05) is 13.0 Å². The molecule has 0 aliphatic rings. The molecule has 0 heterocycles. The lowest BCUT2D eigenvalue weighted by molar-refractivity contribution is 0.112. The minimum Gasteiger partial charge on any atom is -0.496 e. The van der Waals surface area contributed by atoms with E-state index >= 15 is 0 Å². The number of halogens is 1. The lowest BCUT2D eigenvalue weighted by Gasteiger charge is -2.07. The highest BCUT2D eigenvalue weighted by atomic mass is 35.5. The lowest BCUT2D eigenvalue weighted by atomic mass is 10.1. The van der Waals surface area contributed by atoms with E-state index in [2.05, 4.69) is 0 Å². The number of aryl methyl sites for hydroxylation is 1. The largest absolute Gasteiger partial charge is 0.496 e. The molecule has 0 amide bonds. The van der Waals surface area contributed by atoms with Gasteiger partial charge in [0.15, 0.2) is 0 Å². The number of aldehydes is 1. The molecule has 76 valence electrons. The van der Waals surface area contributed by atoms with Crippen molar-refractivity contribution in [1.82, 2.24) is 0 Å². The SMILES string of the molecule is COc1cc(C=O)ccc1CCCCl. The summed E-state index contributed by atoms with van der Waals surface area (Å²) in [4.78, 5) is 10.5. The van der Waals surface area contributed by atoms with Gasteiger partial charge < -0.3 is 4.74 Å². The molecular formula is C11H13ClO2. The molecule has 0 unspecified atom stereocenters. The molecule has 2 nitrogen and oxygen atoms in total. The molecule has 0 aromatic heterocycles. The van der Waals surface area contributed by atoms with Crippen LogP contribution in [-0.4, -0.2) is 19.3 Å². The Kier molecular flexibility index (Phi) is 4.47. The van der Waals surface area contributed by atoms with Gasteiger partial charge in [-0.25, -0.2) is 0 Å². The summed E-state index contributed by atoms with van der Waals surface area (Å²) in [6, 6.07) is 5.45. The molecule has 3 heteroatoms. The van der Waals surface area contributed by atoms with Crippen molar-refractivity contribution in [2.24, 2.45) is 0 Å². The maximum absolute atomic E-state index is 10.5. The Balaban J connectivity index is 2.87. The van der Waals surface area contributed by atoms with Gasteiger partial charge in [-0.1, -0.05) is 12.1 Å². The average molecular weight is 213 g/mol. The van der Waals surface area contributed by atoms with Crippen molar-refractivity contribution in [2.45, 2.75) is 12.8 Å².